The van der Waals surface area contributed by atoms with Crippen LogP contribution < -0.4 is 10.2 Å². The third kappa shape index (κ3) is 2.60. The summed E-state index contributed by atoms with van der Waals surface area (Å²) in [4.78, 5) is 17.2. The summed E-state index contributed by atoms with van der Waals surface area (Å²) in [6.07, 6.45) is 2.43. The number of hydrogen-bond donors (Lipinski definition) is 1. The molecule has 0 amide bonds. The smallest absolute Gasteiger partial charge is 0.230 e. The van der Waals surface area contributed by atoms with Crippen molar-refractivity contribution in [3.8, 4) is 11.4 Å². The number of rotatable bonds is 4. The molecule has 3 rings (SSSR count). The third-order valence-corrected chi connectivity index (χ3v) is 4.29. The van der Waals surface area contributed by atoms with E-state index in [9.17, 15) is 0 Å². The molecule has 106 valence electrons. The molecule has 2 aromatic heterocycles. The number of hydrogen-bond acceptors (Lipinski definition) is 6. The lowest BCUT2D eigenvalue weighted by atomic mass is 10.2. The second-order valence-corrected chi connectivity index (χ2v) is 6.02. The van der Waals surface area contributed by atoms with E-state index < -0.39 is 0 Å². The van der Waals surface area contributed by atoms with Crippen LogP contribution in [0, 0.1) is 6.92 Å². The lowest BCUT2D eigenvalue weighted by molar-refractivity contribution is 0.881. The fourth-order valence-corrected chi connectivity index (χ4v) is 3.09. The van der Waals surface area contributed by atoms with E-state index in [-0.39, 0.29) is 0 Å². The van der Waals surface area contributed by atoms with Crippen molar-refractivity contribution in [3.63, 3.8) is 0 Å². The van der Waals surface area contributed by atoms with Gasteiger partial charge in [0.2, 0.25) is 11.9 Å². The average molecular weight is 289 g/mol. The van der Waals surface area contributed by atoms with Crippen molar-refractivity contribution in [1.29, 1.82) is 0 Å². The quantitative estimate of drug-likeness (QED) is 0.938. The van der Waals surface area contributed by atoms with Gasteiger partial charge in [-0.1, -0.05) is 0 Å². The molecule has 0 unspecified atom stereocenters. The van der Waals surface area contributed by atoms with Crippen LogP contribution in [0.1, 0.15) is 24.6 Å². The van der Waals surface area contributed by atoms with Gasteiger partial charge in [0.15, 0.2) is 5.82 Å². The summed E-state index contributed by atoms with van der Waals surface area (Å²) in [7, 11) is 0. The molecular weight excluding hydrogens is 270 g/mol. The molecule has 1 aliphatic rings. The van der Waals surface area contributed by atoms with Crippen LogP contribution in [0.5, 0.6) is 0 Å². The summed E-state index contributed by atoms with van der Waals surface area (Å²) in [6.45, 7) is 7.04. The van der Waals surface area contributed by atoms with Gasteiger partial charge in [-0.25, -0.2) is 0 Å². The van der Waals surface area contributed by atoms with E-state index in [4.69, 9.17) is 0 Å². The van der Waals surface area contributed by atoms with Crippen LogP contribution in [0.4, 0.5) is 11.9 Å². The van der Waals surface area contributed by atoms with E-state index >= 15 is 0 Å². The summed E-state index contributed by atoms with van der Waals surface area (Å²) < 4.78 is 0. The molecule has 0 radical (unpaired) electrons. The minimum absolute atomic E-state index is 0.671. The van der Waals surface area contributed by atoms with E-state index in [1.54, 1.807) is 11.3 Å². The lowest BCUT2D eigenvalue weighted by Crippen LogP contribution is -2.22. The van der Waals surface area contributed by atoms with Crippen molar-refractivity contribution >= 4 is 23.2 Å². The molecule has 0 bridgehead atoms. The Bertz CT molecular complexity index is 589. The summed E-state index contributed by atoms with van der Waals surface area (Å²) in [5.41, 5.74) is 1.11. The Morgan fingerprint density at radius 2 is 2.05 bits per heavy atom. The largest absolute Gasteiger partial charge is 0.354 e. The van der Waals surface area contributed by atoms with Gasteiger partial charge in [-0.05, 0) is 38.1 Å². The Hall–Kier alpha value is -1.69. The average Bonchev–Trinajstić information content (AvgIpc) is 3.09. The molecule has 1 saturated heterocycles. The maximum atomic E-state index is 4.67. The number of aryl methyl sites for hydroxylation is 1. The topological polar surface area (TPSA) is 53.9 Å². The molecule has 3 heterocycles. The maximum Gasteiger partial charge on any atom is 0.230 e. The van der Waals surface area contributed by atoms with Crippen LogP contribution in [-0.2, 0) is 0 Å². The Morgan fingerprint density at radius 1 is 1.25 bits per heavy atom. The predicted octanol–water partition coefficient (Wildman–Crippen LogP) is 2.94. The van der Waals surface area contributed by atoms with Crippen LogP contribution in [-0.4, -0.2) is 34.6 Å². The van der Waals surface area contributed by atoms with Crippen LogP contribution in [0.25, 0.3) is 11.4 Å². The van der Waals surface area contributed by atoms with Crippen molar-refractivity contribution < 1.29 is 0 Å². The standard InChI is InChI=1S/C14H19N5S/c1-3-15-13-16-12(11-6-9-20-10(11)2)17-14(18-13)19-7-4-5-8-19/h6,9H,3-5,7-8H2,1-2H3,(H,15,16,17,18). The van der Waals surface area contributed by atoms with E-state index in [0.29, 0.717) is 5.95 Å². The minimum atomic E-state index is 0.671. The molecule has 1 aliphatic heterocycles. The molecule has 1 N–H and O–H groups in total. The van der Waals surface area contributed by atoms with E-state index in [1.807, 2.05) is 0 Å². The van der Waals surface area contributed by atoms with Gasteiger partial charge in [-0.3, -0.25) is 0 Å². The molecule has 5 nitrogen and oxygen atoms in total. The SMILES string of the molecule is CCNc1nc(-c2ccsc2C)nc(N2CCCC2)n1. The molecule has 0 aliphatic carbocycles. The van der Waals surface area contributed by atoms with Crippen LogP contribution in [0.15, 0.2) is 11.4 Å². The number of nitrogens with zero attached hydrogens (tertiary/aromatic N) is 4. The summed E-state index contributed by atoms with van der Waals surface area (Å²) in [5.74, 6) is 2.25. The minimum Gasteiger partial charge on any atom is -0.354 e. The Kier molecular flexibility index (Phi) is 3.82. The number of nitrogens with one attached hydrogen (secondary N) is 1. The van der Waals surface area contributed by atoms with Crippen molar-refractivity contribution in [3.05, 3.63) is 16.3 Å². The van der Waals surface area contributed by atoms with Gasteiger partial charge in [0.25, 0.3) is 0 Å². The first-order valence-corrected chi connectivity index (χ1v) is 7.95. The molecule has 1 fully saturated rings. The Labute approximate surface area is 123 Å². The van der Waals surface area contributed by atoms with Gasteiger partial charge >= 0.3 is 0 Å². The van der Waals surface area contributed by atoms with Gasteiger partial charge in [0, 0.05) is 30.1 Å². The first kappa shape index (κ1) is 13.3. The molecular formula is C14H19N5S. The van der Waals surface area contributed by atoms with Crippen LogP contribution in [0.2, 0.25) is 0 Å². The van der Waals surface area contributed by atoms with Gasteiger partial charge in [-0.2, -0.15) is 15.0 Å². The zero-order chi connectivity index (χ0) is 13.9. The second-order valence-electron chi connectivity index (χ2n) is 4.90. The Morgan fingerprint density at radius 3 is 2.70 bits per heavy atom. The normalized spacial score (nSPS) is 14.8. The highest BCUT2D eigenvalue weighted by atomic mass is 32.1. The molecule has 0 aromatic carbocycles. The predicted molar refractivity (Wildman–Crippen MR) is 83.5 cm³/mol. The van der Waals surface area contributed by atoms with Crippen molar-refractivity contribution in [2.75, 3.05) is 29.9 Å². The van der Waals surface area contributed by atoms with Crippen LogP contribution >= 0.6 is 11.3 Å². The highest BCUT2D eigenvalue weighted by Gasteiger charge is 2.18. The van der Waals surface area contributed by atoms with Gasteiger partial charge in [0.1, 0.15) is 0 Å². The zero-order valence-electron chi connectivity index (χ0n) is 11.9. The van der Waals surface area contributed by atoms with Crippen molar-refractivity contribution in [2.45, 2.75) is 26.7 Å². The van der Waals surface area contributed by atoms with Gasteiger partial charge in [0.05, 0.1) is 0 Å². The number of thiophene rings is 1. The molecule has 0 saturated carbocycles. The first-order chi connectivity index (χ1) is 9.78. The molecule has 0 spiro atoms. The summed E-state index contributed by atoms with van der Waals surface area (Å²) in [6, 6.07) is 2.08. The molecule has 20 heavy (non-hydrogen) atoms. The maximum absolute atomic E-state index is 4.67. The fourth-order valence-electron chi connectivity index (χ4n) is 2.40. The summed E-state index contributed by atoms with van der Waals surface area (Å²) in [5, 5.41) is 5.29. The van der Waals surface area contributed by atoms with E-state index in [2.05, 4.69) is 50.5 Å². The number of aromatic nitrogens is 3. The third-order valence-electron chi connectivity index (χ3n) is 3.45. The molecule has 6 heteroatoms. The molecule has 0 atom stereocenters. The van der Waals surface area contributed by atoms with Crippen LogP contribution in [0.3, 0.4) is 0 Å². The highest BCUT2D eigenvalue weighted by molar-refractivity contribution is 7.10. The fraction of sp³-hybridized carbons (Fsp3) is 0.500. The monoisotopic (exact) mass is 289 g/mol. The molecule has 2 aromatic rings. The van der Waals surface area contributed by atoms with Crippen molar-refractivity contribution in [1.82, 2.24) is 15.0 Å². The zero-order valence-corrected chi connectivity index (χ0v) is 12.7. The first-order valence-electron chi connectivity index (χ1n) is 7.07. The van der Waals surface area contributed by atoms with Gasteiger partial charge < -0.3 is 10.2 Å². The highest BCUT2D eigenvalue weighted by Crippen LogP contribution is 2.27. The summed E-state index contributed by atoms with van der Waals surface area (Å²) >= 11 is 1.72. The lowest BCUT2D eigenvalue weighted by Gasteiger charge is -2.16. The Balaban J connectivity index is 2.02. The van der Waals surface area contributed by atoms with Gasteiger partial charge in [-0.15, -0.1) is 11.3 Å². The second kappa shape index (κ2) is 5.75. The van der Waals surface area contributed by atoms with Crippen molar-refractivity contribution in [2.24, 2.45) is 0 Å². The number of anilines is 2. The van der Waals surface area contributed by atoms with E-state index in [1.165, 1.54) is 17.7 Å². The van der Waals surface area contributed by atoms with E-state index in [0.717, 1.165) is 37.0 Å².